The molecular formula is C75H78N18O9. The number of hydrogen-bond donors (Lipinski definition) is 6. The molecule has 0 radical (unpaired) electrons. The number of pyridine rings is 3. The molecule has 12 aromatic rings. The zero-order valence-electron chi connectivity index (χ0n) is 57.0. The quantitative estimate of drug-likeness (QED) is 0.0438. The Bertz CT molecular complexity index is 4870. The van der Waals surface area contributed by atoms with E-state index in [4.69, 9.17) is 28.4 Å². The molecule has 6 N–H and O–H groups in total. The zero-order valence-corrected chi connectivity index (χ0v) is 57.0. The molecule has 0 unspecified atom stereocenters. The fraction of sp³-hybridized carbons (Fsp3) is 0.280. The summed E-state index contributed by atoms with van der Waals surface area (Å²) in [5, 5.41) is 12.6. The number of nitrogens with one attached hydrogen (secondary N) is 6. The van der Waals surface area contributed by atoms with Crippen molar-refractivity contribution >= 4 is 85.3 Å². The molecule has 3 amide bonds. The highest BCUT2D eigenvalue weighted by Crippen LogP contribution is 2.29. The second-order valence-electron chi connectivity index (χ2n) is 24.5. The van der Waals surface area contributed by atoms with Gasteiger partial charge in [0.25, 0.3) is 17.7 Å². The summed E-state index contributed by atoms with van der Waals surface area (Å²) in [6, 6.07) is 40.5. The number of aromatic nitrogens is 12. The first-order valence-corrected chi connectivity index (χ1v) is 33.6. The van der Waals surface area contributed by atoms with E-state index in [1.54, 1.807) is 58.5 Å². The number of carbonyl (C=O) groups is 3. The topological polar surface area (TPSA) is 316 Å². The van der Waals surface area contributed by atoms with E-state index in [2.05, 4.69) is 75.8 Å². The van der Waals surface area contributed by atoms with Crippen molar-refractivity contribution in [1.29, 1.82) is 0 Å². The Morgan fingerprint density at radius 2 is 0.794 bits per heavy atom. The minimum atomic E-state index is -0.0122. The maximum absolute atomic E-state index is 13.0. The predicted octanol–water partition coefficient (Wildman–Crippen LogP) is 11.3. The third-order valence-electron chi connectivity index (χ3n) is 17.3. The van der Waals surface area contributed by atoms with E-state index in [1.807, 2.05) is 149 Å². The summed E-state index contributed by atoms with van der Waals surface area (Å²) < 4.78 is 31.8. The van der Waals surface area contributed by atoms with Gasteiger partial charge in [-0.3, -0.25) is 29.3 Å². The van der Waals surface area contributed by atoms with E-state index in [0.29, 0.717) is 138 Å². The van der Waals surface area contributed by atoms with E-state index < -0.39 is 0 Å². The monoisotopic (exact) mass is 1370 g/mol. The van der Waals surface area contributed by atoms with E-state index in [9.17, 15) is 14.4 Å². The van der Waals surface area contributed by atoms with Gasteiger partial charge in [0.15, 0.2) is 0 Å². The fourth-order valence-corrected chi connectivity index (χ4v) is 12.1. The van der Waals surface area contributed by atoms with Crippen LogP contribution in [0.1, 0.15) is 67.4 Å². The standard InChI is InChI=1S/C26H28N6O3.C25H26N6O3.C24H24N6O3/c1-32(20-7-11-35-12-8-20)25(33)24-15-18-14-19(3-4-21(18)30-24)29-26-28-10-6-22(31-26)23-13-17(16-34-2)5-9-27-23;1-33-16-17-5-7-26-22(13-17)21-6-8-27-25(30-21)28-19-3-4-20-18(14-19)15-23(29-20)24(32)31-9-2-11-34-12-10-31;1-32-15-16-4-6-25-21(12-16)20-5-7-26-24(29-20)27-18-2-3-19-17(13-18)14-22(28-19)23(31)30-8-10-33-11-9-30/h3-6,9-10,13-15,20,30H,7-8,11-12,16H2,1-2H3,(H,28,29,31);3-8,13-15,29H,2,9-12,16H2,1H3,(H,27,28,30);2-7,12-14,28H,8-11,15H2,1H3,(H,26,27,29). The van der Waals surface area contributed by atoms with Crippen molar-refractivity contribution in [3.05, 3.63) is 198 Å². The molecule has 3 fully saturated rings. The van der Waals surface area contributed by atoms with Crippen LogP contribution in [0.15, 0.2) is 165 Å². The van der Waals surface area contributed by atoms with Gasteiger partial charge in [-0.1, -0.05) is 0 Å². The number of morpholine rings is 1. The first-order valence-electron chi connectivity index (χ1n) is 33.6. The van der Waals surface area contributed by atoms with Gasteiger partial charge >= 0.3 is 0 Å². The lowest BCUT2D eigenvalue weighted by molar-refractivity contribution is 0.0299. The normalized spacial score (nSPS) is 14.1. The van der Waals surface area contributed by atoms with Crippen molar-refractivity contribution in [2.45, 2.75) is 45.1 Å². The van der Waals surface area contributed by atoms with Gasteiger partial charge in [0.05, 0.1) is 73.8 Å². The Morgan fingerprint density at radius 1 is 0.431 bits per heavy atom. The molecule has 12 heterocycles. The molecule has 27 nitrogen and oxygen atoms in total. The minimum absolute atomic E-state index is 0.00422. The predicted molar refractivity (Wildman–Crippen MR) is 387 cm³/mol. The van der Waals surface area contributed by atoms with Crippen LogP contribution in [0.3, 0.4) is 0 Å². The van der Waals surface area contributed by atoms with Crippen LogP contribution in [0.5, 0.6) is 0 Å². The number of ether oxygens (including phenoxy) is 6. The number of nitrogens with zero attached hydrogens (tertiary/aromatic N) is 12. The highest BCUT2D eigenvalue weighted by molar-refractivity contribution is 6.01. The Morgan fingerprint density at radius 3 is 1.21 bits per heavy atom. The lowest BCUT2D eigenvalue weighted by Gasteiger charge is -2.30. The van der Waals surface area contributed by atoms with Crippen molar-refractivity contribution in [2.75, 3.05) is 110 Å². The van der Waals surface area contributed by atoms with Crippen LogP contribution in [0.4, 0.5) is 34.9 Å². The molecule has 0 saturated carbocycles. The van der Waals surface area contributed by atoms with E-state index >= 15 is 0 Å². The van der Waals surface area contributed by atoms with Crippen molar-refractivity contribution in [1.82, 2.24) is 74.5 Å². The molecule has 0 atom stereocenters. The van der Waals surface area contributed by atoms with Crippen LogP contribution in [0.2, 0.25) is 0 Å². The largest absolute Gasteiger partial charge is 0.381 e. The second-order valence-corrected chi connectivity index (χ2v) is 24.5. The number of hydrogen-bond acceptors (Lipinski definition) is 21. The molecule has 27 heteroatoms. The zero-order chi connectivity index (χ0) is 70.2. The fourth-order valence-electron chi connectivity index (χ4n) is 12.1. The Balaban J connectivity index is 0.000000137. The maximum Gasteiger partial charge on any atom is 0.270 e. The highest BCUT2D eigenvalue weighted by atomic mass is 16.5. The molecule has 102 heavy (non-hydrogen) atoms. The third kappa shape index (κ3) is 17.4. The molecule has 0 spiro atoms. The van der Waals surface area contributed by atoms with Crippen LogP contribution in [0, 0.1) is 0 Å². The Hall–Kier alpha value is -11.5. The van der Waals surface area contributed by atoms with Gasteiger partial charge < -0.3 is 74.0 Å². The smallest absolute Gasteiger partial charge is 0.270 e. The van der Waals surface area contributed by atoms with Crippen molar-refractivity contribution in [3.63, 3.8) is 0 Å². The van der Waals surface area contributed by atoms with Crippen LogP contribution in [-0.4, -0.2) is 192 Å². The van der Waals surface area contributed by atoms with Crippen molar-refractivity contribution in [2.24, 2.45) is 0 Å². The first-order chi connectivity index (χ1) is 50.0. The number of carbonyl (C=O) groups excluding carboxylic acids is 3. The number of fused-ring (bicyclic) bond motifs is 3. The number of rotatable bonds is 19. The summed E-state index contributed by atoms with van der Waals surface area (Å²) in [7, 11) is 6.85. The van der Waals surface area contributed by atoms with Gasteiger partial charge in [0, 0.05) is 167 Å². The summed E-state index contributed by atoms with van der Waals surface area (Å²) in [6.07, 6.45) is 12.9. The number of methoxy groups -OCH3 is 3. The lowest BCUT2D eigenvalue weighted by Crippen LogP contribution is -2.40. The van der Waals surface area contributed by atoms with Gasteiger partial charge in [0.1, 0.15) is 17.1 Å². The summed E-state index contributed by atoms with van der Waals surface area (Å²) >= 11 is 0. The minimum Gasteiger partial charge on any atom is -0.381 e. The molecule has 9 aromatic heterocycles. The summed E-state index contributed by atoms with van der Waals surface area (Å²) in [5.74, 6) is 1.37. The number of amides is 3. The molecule has 0 bridgehead atoms. The molecule has 0 aliphatic carbocycles. The second kappa shape index (κ2) is 33.1. The highest BCUT2D eigenvalue weighted by Gasteiger charge is 2.26. The lowest BCUT2D eigenvalue weighted by atomic mass is 10.1. The van der Waals surface area contributed by atoms with Gasteiger partial charge in [-0.2, -0.15) is 0 Å². The van der Waals surface area contributed by atoms with Gasteiger partial charge in [-0.15, -0.1) is 0 Å². The third-order valence-corrected chi connectivity index (χ3v) is 17.3. The first kappa shape index (κ1) is 69.0. The molecule has 3 saturated heterocycles. The number of anilines is 6. The van der Waals surface area contributed by atoms with Crippen LogP contribution in [-0.2, 0) is 48.2 Å². The van der Waals surface area contributed by atoms with Gasteiger partial charge in [0.2, 0.25) is 17.8 Å². The average molecular weight is 1380 g/mol. The summed E-state index contributed by atoms with van der Waals surface area (Å²) in [4.78, 5) is 94.1. The number of H-pyrrole nitrogens is 3. The van der Waals surface area contributed by atoms with Gasteiger partial charge in [-0.25, -0.2) is 29.9 Å². The van der Waals surface area contributed by atoms with Crippen LogP contribution in [0.25, 0.3) is 66.9 Å². The SMILES string of the molecule is COCc1ccnc(-c2ccnc(Nc3ccc4[nH]c(C(=O)N(C)C5CCOCC5)cc4c3)n2)c1.COCc1ccnc(-c2ccnc(Nc3ccc4[nH]c(C(=O)N5CCCOCC5)cc4c3)n2)c1.COCc1ccnc(-c2ccnc(Nc3ccc4[nH]c(C(=O)N5CCOCC5)cc4c3)n2)c1. The maximum atomic E-state index is 13.0. The summed E-state index contributed by atoms with van der Waals surface area (Å²) in [6.45, 7) is 7.88. The average Bonchev–Trinajstić information content (AvgIpc) is 1.41. The Labute approximate surface area is 587 Å². The van der Waals surface area contributed by atoms with E-state index in [1.165, 1.54) is 0 Å². The van der Waals surface area contributed by atoms with Gasteiger partial charge in [-0.05, 0) is 163 Å². The van der Waals surface area contributed by atoms with Crippen LogP contribution < -0.4 is 16.0 Å². The molecule has 3 aromatic carbocycles. The van der Waals surface area contributed by atoms with Crippen molar-refractivity contribution < 1.29 is 42.8 Å². The molecule has 3 aliphatic rings. The summed E-state index contributed by atoms with van der Waals surface area (Å²) in [5.41, 5.74) is 14.4. The van der Waals surface area contributed by atoms with E-state index in [-0.39, 0.29) is 23.8 Å². The van der Waals surface area contributed by atoms with E-state index in [0.717, 1.165) is 103 Å². The van der Waals surface area contributed by atoms with Crippen molar-refractivity contribution in [3.8, 4) is 34.2 Å². The molecule has 3 aliphatic heterocycles. The molecular weight excluding hydrogens is 1300 g/mol. The van der Waals surface area contributed by atoms with Crippen LogP contribution >= 0.6 is 0 Å². The molecule has 15 rings (SSSR count). The Kier molecular flexibility index (Phi) is 22.4. The number of benzene rings is 3. The molecule has 522 valence electrons. The number of aromatic amines is 3.